The first-order valence-corrected chi connectivity index (χ1v) is 3.10. The van der Waals surface area contributed by atoms with Gasteiger partial charge in [0.05, 0.1) is 12.7 Å². The molecule has 0 bridgehead atoms. The topological polar surface area (TPSA) is 58.8 Å². The van der Waals surface area contributed by atoms with E-state index in [1.807, 2.05) is 0 Å². The Kier molecular flexibility index (Phi) is 2.05. The van der Waals surface area contributed by atoms with Crippen molar-refractivity contribution in [2.24, 2.45) is 5.73 Å². The Balaban J connectivity index is 2.22. The van der Waals surface area contributed by atoms with E-state index in [2.05, 4.69) is 6.92 Å². The zero-order chi connectivity index (χ0) is 6.85. The van der Waals surface area contributed by atoms with Gasteiger partial charge in [-0.3, -0.25) is 0 Å². The number of rotatable bonds is 3. The molecule has 0 spiro atoms. The van der Waals surface area contributed by atoms with E-state index in [1.165, 1.54) is 0 Å². The van der Waals surface area contributed by atoms with E-state index in [4.69, 9.17) is 15.6 Å². The lowest BCUT2D eigenvalue weighted by Gasteiger charge is -2.13. The summed E-state index contributed by atoms with van der Waals surface area (Å²) in [5.74, 6) is 0. The van der Waals surface area contributed by atoms with Gasteiger partial charge in [0, 0.05) is 6.04 Å². The van der Waals surface area contributed by atoms with Crippen molar-refractivity contribution in [1.82, 2.24) is 0 Å². The molecule has 0 aromatic carbocycles. The minimum absolute atomic E-state index is 0.0123. The van der Waals surface area contributed by atoms with Gasteiger partial charge in [0.1, 0.15) is 6.10 Å². The van der Waals surface area contributed by atoms with Crippen molar-refractivity contribution < 1.29 is 9.84 Å². The monoisotopic (exact) mass is 130 g/mol. The van der Waals surface area contributed by atoms with Gasteiger partial charge in [-0.1, -0.05) is 6.92 Å². The third kappa shape index (κ3) is 1.64. The van der Waals surface area contributed by atoms with E-state index >= 15 is 0 Å². The fourth-order valence-electron chi connectivity index (χ4n) is 0.699. The van der Waals surface area contributed by atoms with Crippen LogP contribution in [0.5, 0.6) is 0 Å². The lowest BCUT2D eigenvalue weighted by Crippen LogP contribution is -2.37. The van der Waals surface area contributed by atoms with Crippen LogP contribution in [0.4, 0.5) is 0 Å². The van der Waals surface area contributed by atoms with E-state index in [0.717, 1.165) is 0 Å². The Labute approximate surface area is 54.8 Å². The molecule has 3 nitrogen and oxygen atoms in total. The predicted octanol–water partition coefficient (Wildman–Crippen LogP) is -0.702. The summed E-state index contributed by atoms with van der Waals surface area (Å²) in [6, 6.07) is -0.225. The molecular weight excluding hydrogens is 118 g/mol. The Bertz CT molecular complexity index is 93.1. The van der Waals surface area contributed by atoms with Crippen molar-refractivity contribution in [2.45, 2.75) is 24.7 Å². The molecule has 1 heterocycles. The molecule has 3 heteroatoms. The Hall–Kier alpha value is -0.120. The van der Waals surface area contributed by atoms with Crippen LogP contribution in [-0.4, -0.2) is 30.0 Å². The van der Waals surface area contributed by atoms with E-state index in [-0.39, 0.29) is 12.1 Å². The zero-order valence-corrected chi connectivity index (χ0v) is 5.29. The second-order valence-electron chi connectivity index (χ2n) is 2.31. The van der Waals surface area contributed by atoms with E-state index in [9.17, 15) is 0 Å². The third-order valence-corrected chi connectivity index (χ3v) is 1.51. The number of epoxide rings is 1. The summed E-state index contributed by atoms with van der Waals surface area (Å²) < 4.78 is 4.84. The fourth-order valence-corrected chi connectivity index (χ4v) is 0.699. The highest BCUT2D eigenvalue weighted by atomic mass is 16.6. The standard InChI is InChI=1S/C6H12NO2/c1-2-4(7)6(8)5-3-9-5/h4-6,8H,1-3,7H2. The quantitative estimate of drug-likeness (QED) is 0.496. The van der Waals surface area contributed by atoms with Crippen LogP contribution in [0.3, 0.4) is 0 Å². The fraction of sp³-hybridized carbons (Fsp3) is 0.833. The number of ether oxygens (including phenoxy) is 1. The average molecular weight is 130 g/mol. The van der Waals surface area contributed by atoms with Gasteiger partial charge in [0.15, 0.2) is 0 Å². The Morgan fingerprint density at radius 2 is 2.44 bits per heavy atom. The van der Waals surface area contributed by atoms with Crippen molar-refractivity contribution >= 4 is 0 Å². The summed E-state index contributed by atoms with van der Waals surface area (Å²) in [6.45, 7) is 4.22. The van der Waals surface area contributed by atoms with Crippen molar-refractivity contribution in [1.29, 1.82) is 0 Å². The summed E-state index contributed by atoms with van der Waals surface area (Å²) in [5.41, 5.74) is 5.46. The number of hydrogen-bond donors (Lipinski definition) is 2. The summed E-state index contributed by atoms with van der Waals surface area (Å²) in [5, 5.41) is 9.17. The maximum Gasteiger partial charge on any atom is 0.108 e. The number of hydrogen-bond acceptors (Lipinski definition) is 3. The third-order valence-electron chi connectivity index (χ3n) is 1.51. The molecule has 1 aliphatic rings. The molecule has 0 aliphatic carbocycles. The lowest BCUT2D eigenvalue weighted by atomic mass is 10.1. The molecule has 53 valence electrons. The van der Waals surface area contributed by atoms with Crippen LogP contribution < -0.4 is 5.73 Å². The largest absolute Gasteiger partial charge is 0.389 e. The van der Waals surface area contributed by atoms with E-state index < -0.39 is 6.10 Å². The first kappa shape index (κ1) is 6.99. The molecule has 1 fully saturated rings. The maximum absolute atomic E-state index is 9.17. The smallest absolute Gasteiger partial charge is 0.108 e. The normalized spacial score (nSPS) is 31.7. The van der Waals surface area contributed by atoms with Gasteiger partial charge in [0.2, 0.25) is 0 Å². The van der Waals surface area contributed by atoms with Crippen molar-refractivity contribution in [3.05, 3.63) is 6.92 Å². The summed E-state index contributed by atoms with van der Waals surface area (Å²) in [6.07, 6.45) is 0.0327. The Morgan fingerprint density at radius 3 is 2.78 bits per heavy atom. The van der Waals surface area contributed by atoms with Gasteiger partial charge in [-0.15, -0.1) is 0 Å². The van der Waals surface area contributed by atoms with Crippen LogP contribution in [0.25, 0.3) is 0 Å². The summed E-state index contributed by atoms with van der Waals surface area (Å²) in [7, 11) is 0. The zero-order valence-electron chi connectivity index (χ0n) is 5.29. The van der Waals surface area contributed by atoms with Gasteiger partial charge in [-0.25, -0.2) is 0 Å². The first-order chi connectivity index (χ1) is 4.25. The number of nitrogens with two attached hydrogens (primary N) is 1. The maximum atomic E-state index is 9.17. The Morgan fingerprint density at radius 1 is 1.89 bits per heavy atom. The second-order valence-corrected chi connectivity index (χ2v) is 2.31. The van der Waals surface area contributed by atoms with Crippen LogP contribution in [0.15, 0.2) is 0 Å². The highest BCUT2D eigenvalue weighted by molar-refractivity contribution is 4.86. The second kappa shape index (κ2) is 2.64. The summed E-state index contributed by atoms with van der Waals surface area (Å²) in [4.78, 5) is 0. The molecule has 0 aromatic rings. The highest BCUT2D eigenvalue weighted by Gasteiger charge is 2.34. The SMILES string of the molecule is [CH2]CC(N)C(O)C1CO1. The predicted molar refractivity (Wildman–Crippen MR) is 33.7 cm³/mol. The lowest BCUT2D eigenvalue weighted by molar-refractivity contribution is 0.110. The van der Waals surface area contributed by atoms with E-state index in [0.29, 0.717) is 13.0 Å². The van der Waals surface area contributed by atoms with Crippen LogP contribution in [0.1, 0.15) is 6.42 Å². The minimum atomic E-state index is -0.512. The molecule has 0 amide bonds. The van der Waals surface area contributed by atoms with Crippen LogP contribution in [0, 0.1) is 6.92 Å². The van der Waals surface area contributed by atoms with Gasteiger partial charge in [0.25, 0.3) is 0 Å². The van der Waals surface area contributed by atoms with Gasteiger partial charge >= 0.3 is 0 Å². The molecule has 3 N–H and O–H groups in total. The van der Waals surface area contributed by atoms with Crippen LogP contribution in [-0.2, 0) is 4.74 Å². The molecule has 3 unspecified atom stereocenters. The van der Waals surface area contributed by atoms with E-state index in [1.54, 1.807) is 0 Å². The minimum Gasteiger partial charge on any atom is -0.389 e. The molecule has 1 radical (unpaired) electrons. The molecule has 0 saturated carbocycles. The van der Waals surface area contributed by atoms with Crippen LogP contribution in [0.2, 0.25) is 0 Å². The van der Waals surface area contributed by atoms with Gasteiger partial charge in [-0.2, -0.15) is 0 Å². The highest BCUT2D eigenvalue weighted by Crippen LogP contribution is 2.16. The van der Waals surface area contributed by atoms with Crippen LogP contribution >= 0.6 is 0 Å². The van der Waals surface area contributed by atoms with Crippen molar-refractivity contribution in [3.8, 4) is 0 Å². The summed E-state index contributed by atoms with van der Waals surface area (Å²) >= 11 is 0. The number of aliphatic hydroxyl groups excluding tert-OH is 1. The molecule has 9 heavy (non-hydrogen) atoms. The first-order valence-electron chi connectivity index (χ1n) is 3.10. The molecule has 1 rings (SSSR count). The van der Waals surface area contributed by atoms with Crippen molar-refractivity contribution in [3.63, 3.8) is 0 Å². The molecule has 1 aliphatic heterocycles. The molecule has 0 aromatic heterocycles. The molecule has 3 atom stereocenters. The van der Waals surface area contributed by atoms with Crippen molar-refractivity contribution in [2.75, 3.05) is 6.61 Å². The molecular formula is C6H12NO2. The average Bonchev–Trinajstić information content (AvgIpc) is 2.66. The molecule has 1 saturated heterocycles. The van der Waals surface area contributed by atoms with Gasteiger partial charge < -0.3 is 15.6 Å². The van der Waals surface area contributed by atoms with Gasteiger partial charge in [-0.05, 0) is 6.42 Å². The number of aliphatic hydroxyl groups is 1.